The second-order valence-electron chi connectivity index (χ2n) is 4.10. The number of fused-ring (bicyclic) bond motifs is 1. The molecule has 1 aromatic carbocycles. The van der Waals surface area contributed by atoms with Crippen LogP contribution in [0.4, 0.5) is 0 Å². The Balaban J connectivity index is 2.42. The summed E-state index contributed by atoms with van der Waals surface area (Å²) < 4.78 is 11.2. The largest absolute Gasteiger partial charge is 0.454 e. The van der Waals surface area contributed by atoms with Gasteiger partial charge in [0, 0.05) is 18.6 Å². The van der Waals surface area contributed by atoms with Gasteiger partial charge in [-0.15, -0.1) is 0 Å². The molecule has 0 N–H and O–H groups in total. The summed E-state index contributed by atoms with van der Waals surface area (Å²) in [6, 6.07) is 5.39. The van der Waals surface area contributed by atoms with E-state index in [1.165, 1.54) is 11.0 Å². The molecule has 0 radical (unpaired) electrons. The van der Waals surface area contributed by atoms with Gasteiger partial charge in [0.2, 0.25) is 6.79 Å². The first kappa shape index (κ1) is 13.4. The fourth-order valence-corrected chi connectivity index (χ4v) is 2.02. The van der Waals surface area contributed by atoms with Crippen molar-refractivity contribution in [1.82, 2.24) is 4.90 Å². The molecule has 98 valence electrons. The van der Waals surface area contributed by atoms with Crippen molar-refractivity contribution in [2.75, 3.05) is 20.9 Å². The van der Waals surface area contributed by atoms with E-state index in [9.17, 15) is 4.79 Å². The summed E-state index contributed by atoms with van der Waals surface area (Å²) in [4.78, 5) is 13.1. The van der Waals surface area contributed by atoms with Crippen LogP contribution in [0.15, 0.2) is 22.2 Å². The number of likely N-dealkylation sites (N-methyl/N-ethyl adjacent to an activating group) is 1. The third-order valence-corrected chi connectivity index (χ3v) is 3.24. The Morgan fingerprint density at radius 1 is 1.42 bits per heavy atom. The smallest absolute Gasteiger partial charge is 0.264 e. The Kier molecular flexibility index (Phi) is 3.76. The monoisotopic (exact) mass is 322 g/mol. The summed E-state index contributed by atoms with van der Waals surface area (Å²) in [6.07, 6.45) is 1.52. The highest BCUT2D eigenvalue weighted by Gasteiger charge is 2.17. The van der Waals surface area contributed by atoms with E-state index >= 15 is 0 Å². The molecule has 5 nitrogen and oxygen atoms in total. The molecule has 1 heterocycles. The van der Waals surface area contributed by atoms with Crippen molar-refractivity contribution >= 4 is 27.9 Å². The number of nitriles is 1. The van der Waals surface area contributed by atoms with Gasteiger partial charge in [-0.3, -0.25) is 4.79 Å². The first-order valence-electron chi connectivity index (χ1n) is 5.45. The second kappa shape index (κ2) is 5.33. The highest BCUT2D eigenvalue weighted by atomic mass is 79.9. The lowest BCUT2D eigenvalue weighted by Gasteiger charge is -2.09. The van der Waals surface area contributed by atoms with Crippen molar-refractivity contribution in [2.24, 2.45) is 0 Å². The van der Waals surface area contributed by atoms with E-state index in [1.807, 2.05) is 6.07 Å². The van der Waals surface area contributed by atoms with Crippen LogP contribution in [0, 0.1) is 11.3 Å². The highest BCUT2D eigenvalue weighted by molar-refractivity contribution is 9.10. The van der Waals surface area contributed by atoms with Crippen molar-refractivity contribution in [3.05, 3.63) is 27.7 Å². The summed E-state index contributed by atoms with van der Waals surface area (Å²) in [5.74, 6) is 0.901. The molecule has 6 heteroatoms. The minimum atomic E-state index is -0.341. The molecule has 0 aromatic heterocycles. The Hall–Kier alpha value is -2.00. The van der Waals surface area contributed by atoms with E-state index < -0.39 is 0 Å². The lowest BCUT2D eigenvalue weighted by atomic mass is 10.1. The molecule has 0 unspecified atom stereocenters. The molecule has 0 aliphatic carbocycles. The Bertz CT molecular complexity index is 603. The maximum Gasteiger partial charge on any atom is 0.264 e. The summed E-state index contributed by atoms with van der Waals surface area (Å²) in [5, 5.41) is 9.05. The quantitative estimate of drug-likeness (QED) is 0.618. The van der Waals surface area contributed by atoms with Crippen LogP contribution in [0.1, 0.15) is 5.56 Å². The first-order chi connectivity index (χ1) is 9.02. The van der Waals surface area contributed by atoms with Gasteiger partial charge in [-0.2, -0.15) is 5.26 Å². The van der Waals surface area contributed by atoms with Crippen LogP contribution in [-0.2, 0) is 4.79 Å². The molecule has 1 aliphatic rings. The number of hydrogen-bond donors (Lipinski definition) is 0. The molecule has 1 amide bonds. The fraction of sp³-hybridized carbons (Fsp3) is 0.231. The maximum atomic E-state index is 11.8. The minimum Gasteiger partial charge on any atom is -0.454 e. The molecule has 2 rings (SSSR count). The molecule has 1 aromatic rings. The molecular weight excluding hydrogens is 312 g/mol. The molecule has 0 saturated heterocycles. The molecule has 0 atom stereocenters. The van der Waals surface area contributed by atoms with Crippen LogP contribution in [0.25, 0.3) is 6.08 Å². The van der Waals surface area contributed by atoms with Crippen LogP contribution < -0.4 is 9.47 Å². The lowest BCUT2D eigenvalue weighted by molar-refractivity contribution is -0.124. The first-order valence-corrected chi connectivity index (χ1v) is 6.25. The zero-order valence-corrected chi connectivity index (χ0v) is 12.0. The fourth-order valence-electron chi connectivity index (χ4n) is 1.58. The highest BCUT2D eigenvalue weighted by Crippen LogP contribution is 2.37. The molecule has 19 heavy (non-hydrogen) atoms. The number of halogens is 1. The van der Waals surface area contributed by atoms with Gasteiger partial charge in [-0.1, -0.05) is 15.9 Å². The van der Waals surface area contributed by atoms with Gasteiger partial charge < -0.3 is 14.4 Å². The van der Waals surface area contributed by atoms with E-state index in [4.69, 9.17) is 14.7 Å². The van der Waals surface area contributed by atoms with Gasteiger partial charge in [0.15, 0.2) is 11.5 Å². The third kappa shape index (κ3) is 2.71. The number of hydrogen-bond acceptors (Lipinski definition) is 4. The number of rotatable bonds is 2. The van der Waals surface area contributed by atoms with Gasteiger partial charge in [0.05, 0.1) is 0 Å². The van der Waals surface area contributed by atoms with Crippen molar-refractivity contribution in [1.29, 1.82) is 5.26 Å². The number of ether oxygens (including phenoxy) is 2. The van der Waals surface area contributed by atoms with Gasteiger partial charge in [-0.25, -0.2) is 0 Å². The number of carbonyl (C=O) groups is 1. The average Bonchev–Trinajstić information content (AvgIpc) is 2.81. The van der Waals surface area contributed by atoms with Gasteiger partial charge >= 0.3 is 0 Å². The van der Waals surface area contributed by atoms with Crippen LogP contribution in [0.2, 0.25) is 0 Å². The number of benzene rings is 1. The topological polar surface area (TPSA) is 62.6 Å². The van der Waals surface area contributed by atoms with Gasteiger partial charge in [0.1, 0.15) is 11.6 Å². The summed E-state index contributed by atoms with van der Waals surface area (Å²) in [6.45, 7) is 0.177. The Labute approximate surface area is 119 Å². The maximum absolute atomic E-state index is 11.8. The molecule has 0 saturated carbocycles. The van der Waals surface area contributed by atoms with Crippen molar-refractivity contribution < 1.29 is 14.3 Å². The molecule has 0 spiro atoms. The lowest BCUT2D eigenvalue weighted by Crippen LogP contribution is -2.22. The Morgan fingerprint density at radius 3 is 2.63 bits per heavy atom. The van der Waals surface area contributed by atoms with E-state index in [0.29, 0.717) is 17.1 Å². The van der Waals surface area contributed by atoms with E-state index in [1.54, 1.807) is 26.2 Å². The SMILES string of the molecule is CN(C)C(=O)/C(C#N)=C/c1cc2c(cc1Br)OCO2. The van der Waals surface area contributed by atoms with E-state index in [0.717, 1.165) is 4.47 Å². The van der Waals surface area contributed by atoms with Crippen LogP contribution in [-0.4, -0.2) is 31.7 Å². The summed E-state index contributed by atoms with van der Waals surface area (Å²) >= 11 is 3.38. The standard InChI is InChI=1S/C13H11BrN2O3/c1-16(2)13(17)9(6-15)3-8-4-11-12(5-10(8)14)19-7-18-11/h3-5H,7H2,1-2H3/b9-3+. The zero-order chi connectivity index (χ0) is 14.0. The predicted molar refractivity (Wildman–Crippen MR) is 72.5 cm³/mol. The van der Waals surface area contributed by atoms with Crippen LogP contribution in [0.3, 0.4) is 0 Å². The van der Waals surface area contributed by atoms with Crippen LogP contribution in [0.5, 0.6) is 11.5 Å². The third-order valence-electron chi connectivity index (χ3n) is 2.55. The summed E-state index contributed by atoms with van der Waals surface area (Å²) in [5.41, 5.74) is 0.751. The number of carbonyl (C=O) groups excluding carboxylic acids is 1. The predicted octanol–water partition coefficient (Wildman–Crippen LogP) is 2.17. The average molecular weight is 323 g/mol. The zero-order valence-electron chi connectivity index (χ0n) is 10.4. The van der Waals surface area contributed by atoms with E-state index in [-0.39, 0.29) is 18.3 Å². The van der Waals surface area contributed by atoms with Crippen molar-refractivity contribution in [3.8, 4) is 17.6 Å². The number of amides is 1. The van der Waals surface area contributed by atoms with Gasteiger partial charge in [-0.05, 0) is 23.8 Å². The minimum absolute atomic E-state index is 0.0598. The van der Waals surface area contributed by atoms with Crippen molar-refractivity contribution in [3.63, 3.8) is 0 Å². The van der Waals surface area contributed by atoms with Gasteiger partial charge in [0.25, 0.3) is 5.91 Å². The molecule has 0 fully saturated rings. The summed E-state index contributed by atoms with van der Waals surface area (Å²) in [7, 11) is 3.20. The van der Waals surface area contributed by atoms with Crippen LogP contribution >= 0.6 is 15.9 Å². The van der Waals surface area contributed by atoms with Crippen molar-refractivity contribution in [2.45, 2.75) is 0 Å². The second-order valence-corrected chi connectivity index (χ2v) is 4.95. The molecule has 0 bridgehead atoms. The normalized spacial score (nSPS) is 13.1. The Morgan fingerprint density at radius 2 is 2.05 bits per heavy atom. The molecular formula is C13H11BrN2O3. The van der Waals surface area contributed by atoms with E-state index in [2.05, 4.69) is 15.9 Å². The molecule has 1 aliphatic heterocycles. The number of nitrogens with zero attached hydrogens (tertiary/aromatic N) is 2.